The maximum atomic E-state index is 8.24. The van der Waals surface area contributed by atoms with Crippen LogP contribution >= 0.6 is 11.6 Å². The van der Waals surface area contributed by atoms with E-state index in [0.29, 0.717) is 6.08 Å². The van der Waals surface area contributed by atoms with Crippen molar-refractivity contribution in [3.63, 3.8) is 0 Å². The molecule has 5 heteroatoms. The van der Waals surface area contributed by atoms with Crippen LogP contribution in [0, 0.1) is 6.38 Å². The van der Waals surface area contributed by atoms with Gasteiger partial charge in [-0.05, 0) is 6.08 Å². The molecule has 0 aliphatic carbocycles. The summed E-state index contributed by atoms with van der Waals surface area (Å²) in [5.74, 6) is 0. The van der Waals surface area contributed by atoms with E-state index < -0.39 is 0 Å². The fourth-order valence-electron chi connectivity index (χ4n) is 0. The molecule has 0 N–H and O–H groups in total. The Morgan fingerprint density at radius 2 is 1.43 bits per heavy atom. The fraction of sp³-hybridized carbons (Fsp3) is 0. The Bertz CT molecular complexity index is 36.7. The van der Waals surface area contributed by atoms with Crippen LogP contribution in [0.2, 0.25) is 0 Å². The first-order valence-corrected chi connectivity index (χ1v) is 1.23. The summed E-state index contributed by atoms with van der Waals surface area (Å²) >= 11 is 4.39. The van der Waals surface area contributed by atoms with Crippen LogP contribution in [0.1, 0.15) is 0 Å². The summed E-state index contributed by atoms with van der Waals surface area (Å²) in [6.07, 6.45) is 3.22. The SMILES string of the molecule is [CH2-]Cl.[N-]=C=O.[Y].[Y]. The molecule has 0 bridgehead atoms. The Hall–Kier alpha value is 1.88. The van der Waals surface area contributed by atoms with Gasteiger partial charge in [-0.1, -0.05) is 0 Å². The molecule has 0 fully saturated rings. The van der Waals surface area contributed by atoms with Crippen molar-refractivity contribution in [1.29, 1.82) is 0 Å². The van der Waals surface area contributed by atoms with Crippen molar-refractivity contribution >= 4 is 17.7 Å². The Kier molecular flexibility index (Phi) is 149. The van der Waals surface area contributed by atoms with E-state index in [1.807, 2.05) is 0 Å². The summed E-state index contributed by atoms with van der Waals surface area (Å²) in [5.41, 5.74) is 0. The van der Waals surface area contributed by atoms with Crippen LogP contribution < -0.4 is 0 Å². The van der Waals surface area contributed by atoms with Gasteiger partial charge < -0.3 is 17.0 Å². The van der Waals surface area contributed by atoms with Crippen molar-refractivity contribution in [1.82, 2.24) is 0 Å². The smallest absolute Gasteiger partial charge is 0 e. The van der Waals surface area contributed by atoms with Crippen molar-refractivity contribution in [2.45, 2.75) is 0 Å². The van der Waals surface area contributed by atoms with Gasteiger partial charge >= 0.3 is 0 Å². The molecular weight excluding hydrogens is 267 g/mol. The second kappa shape index (κ2) is 45.0. The molecule has 0 aliphatic heterocycles. The van der Waals surface area contributed by atoms with Crippen molar-refractivity contribution in [3.8, 4) is 0 Å². The summed E-state index contributed by atoms with van der Waals surface area (Å²) in [6, 6.07) is 0. The van der Waals surface area contributed by atoms with E-state index in [4.69, 9.17) is 10.2 Å². The first-order chi connectivity index (χ1) is 2.41. The molecule has 0 spiro atoms. The van der Waals surface area contributed by atoms with Crippen LogP contribution in [0.15, 0.2) is 0 Å². The molecule has 0 heterocycles. The normalized spacial score (nSPS) is 2.00. The quantitative estimate of drug-likeness (QED) is 0.366. The average molecular weight is 269 g/mol. The molecule has 0 rings (SSSR count). The Morgan fingerprint density at radius 3 is 1.43 bits per heavy atom. The first-order valence-electron chi connectivity index (χ1n) is 0.695. The van der Waals surface area contributed by atoms with E-state index in [9.17, 15) is 0 Å². The van der Waals surface area contributed by atoms with Crippen LogP contribution in [-0.4, -0.2) is 6.08 Å². The number of hydrogen-bond donors (Lipinski definition) is 0. The molecule has 0 aromatic heterocycles. The number of hydrogen-bond acceptors (Lipinski definition) is 1. The minimum absolute atomic E-state index is 0. The molecular formula is C2H2ClNOY2-2. The van der Waals surface area contributed by atoms with Gasteiger partial charge in [0.1, 0.15) is 0 Å². The zero-order valence-electron chi connectivity index (χ0n) is 3.60. The molecule has 0 atom stereocenters. The van der Waals surface area contributed by atoms with E-state index in [-0.39, 0.29) is 65.4 Å². The van der Waals surface area contributed by atoms with Crippen molar-refractivity contribution in [2.24, 2.45) is 0 Å². The van der Waals surface area contributed by atoms with Gasteiger partial charge in [-0.3, -0.25) is 11.2 Å². The van der Waals surface area contributed by atoms with E-state index in [1.165, 1.54) is 0 Å². The van der Waals surface area contributed by atoms with Gasteiger partial charge in [-0.2, -0.15) is 0 Å². The van der Waals surface area contributed by atoms with Gasteiger partial charge in [-0.25, -0.2) is 0 Å². The number of isocyanates is 1. The molecule has 7 heavy (non-hydrogen) atoms. The van der Waals surface area contributed by atoms with E-state index in [2.05, 4.69) is 18.0 Å². The molecule has 0 saturated carbocycles. The minimum Gasteiger partial charge on any atom is -0.724 e. The third-order valence-corrected chi connectivity index (χ3v) is 0. The summed E-state index contributed by atoms with van der Waals surface area (Å²) in [6.45, 7) is 0. The Balaban J connectivity index is -0.0000000105. The fourth-order valence-corrected chi connectivity index (χ4v) is 0. The topological polar surface area (TPSA) is 39.4 Å². The molecule has 0 aliphatic rings. The molecule has 0 unspecified atom stereocenters. The average Bonchev–Trinajstić information content (AvgIpc) is 1.46. The first kappa shape index (κ1) is 23.2. The summed E-state index contributed by atoms with van der Waals surface area (Å²) < 4.78 is 0. The minimum atomic E-state index is 0. The van der Waals surface area contributed by atoms with Crippen molar-refractivity contribution < 1.29 is 70.2 Å². The molecule has 0 amide bonds. The standard InChI is InChI=1S/CH2Cl.CNO.2Y/c1-2;2-1-3;;/h1H2;;;/q2*-1;;. The van der Waals surface area contributed by atoms with Gasteiger partial charge in [0.05, 0.1) is 0 Å². The van der Waals surface area contributed by atoms with Crippen LogP contribution in [0.5, 0.6) is 0 Å². The largest absolute Gasteiger partial charge is 0.724 e. The number of carbonyl (C=O) groups excluding carboxylic acids is 1. The van der Waals surface area contributed by atoms with Gasteiger partial charge in [0.2, 0.25) is 0 Å². The zero-order chi connectivity index (χ0) is 4.71. The molecule has 0 aromatic carbocycles. The Labute approximate surface area is 98.0 Å². The monoisotopic (exact) mass is 269 g/mol. The molecule has 0 saturated heterocycles. The molecule has 2 radical (unpaired) electrons. The predicted molar refractivity (Wildman–Crippen MR) is 20.3 cm³/mol. The van der Waals surface area contributed by atoms with E-state index >= 15 is 0 Å². The summed E-state index contributed by atoms with van der Waals surface area (Å²) in [7, 11) is 0. The third-order valence-electron chi connectivity index (χ3n) is 0. The van der Waals surface area contributed by atoms with Crippen molar-refractivity contribution in [2.75, 3.05) is 0 Å². The van der Waals surface area contributed by atoms with Crippen LogP contribution in [0.25, 0.3) is 5.41 Å². The summed E-state index contributed by atoms with van der Waals surface area (Å²) in [4.78, 5) is 8.24. The van der Waals surface area contributed by atoms with Gasteiger partial charge in [0, 0.05) is 65.4 Å². The maximum Gasteiger partial charge on any atom is 0 e. The van der Waals surface area contributed by atoms with Gasteiger partial charge in [-0.15, -0.1) is 0 Å². The second-order valence-electron chi connectivity index (χ2n) is 0.0913. The number of nitrogens with zero attached hydrogens (tertiary/aromatic N) is 1. The maximum absolute atomic E-state index is 8.24. The van der Waals surface area contributed by atoms with E-state index in [0.717, 1.165) is 0 Å². The molecule has 36 valence electrons. The van der Waals surface area contributed by atoms with Crippen LogP contribution in [0.4, 0.5) is 0 Å². The third kappa shape index (κ3) is 77.2. The van der Waals surface area contributed by atoms with Crippen LogP contribution in [-0.2, 0) is 70.2 Å². The Morgan fingerprint density at radius 1 is 1.43 bits per heavy atom. The predicted octanol–water partition coefficient (Wildman–Crippen LogP) is 0.903. The second-order valence-corrected chi connectivity index (χ2v) is 0.0913. The molecule has 0 aromatic rings. The van der Waals surface area contributed by atoms with Crippen molar-refractivity contribution in [3.05, 3.63) is 11.8 Å². The van der Waals surface area contributed by atoms with E-state index in [1.54, 1.807) is 0 Å². The molecule has 2 nitrogen and oxygen atoms in total. The number of rotatable bonds is 0. The number of halogens is 1. The summed E-state index contributed by atoms with van der Waals surface area (Å²) in [5, 5.41) is 6.76. The van der Waals surface area contributed by atoms with Crippen LogP contribution in [0.3, 0.4) is 0 Å². The zero-order valence-corrected chi connectivity index (χ0v) is 10.0. The van der Waals surface area contributed by atoms with Gasteiger partial charge in [0.25, 0.3) is 0 Å². The van der Waals surface area contributed by atoms with Gasteiger partial charge in [0.15, 0.2) is 0 Å².